The Balaban J connectivity index is 1.04. The van der Waals surface area contributed by atoms with E-state index >= 15 is 0 Å². The lowest BCUT2D eigenvalue weighted by Gasteiger charge is -2.42. The van der Waals surface area contributed by atoms with Crippen LogP contribution in [0.3, 0.4) is 0 Å². The molecule has 1 amide bonds. The van der Waals surface area contributed by atoms with Crippen molar-refractivity contribution in [2.75, 3.05) is 36.1 Å². The molecule has 36 heavy (non-hydrogen) atoms. The van der Waals surface area contributed by atoms with E-state index in [-0.39, 0.29) is 23.6 Å². The van der Waals surface area contributed by atoms with Crippen LogP contribution in [0.5, 0.6) is 5.75 Å². The van der Waals surface area contributed by atoms with Crippen LogP contribution in [0.15, 0.2) is 52.9 Å². The van der Waals surface area contributed by atoms with Gasteiger partial charge >= 0.3 is 6.09 Å². The van der Waals surface area contributed by atoms with Gasteiger partial charge in [-0.05, 0) is 42.4 Å². The summed E-state index contributed by atoms with van der Waals surface area (Å²) < 4.78 is 11.1. The van der Waals surface area contributed by atoms with E-state index in [1.807, 2.05) is 24.5 Å². The van der Waals surface area contributed by atoms with Crippen LogP contribution in [0.2, 0.25) is 0 Å². The molecule has 4 aliphatic rings. The van der Waals surface area contributed by atoms with Crippen LogP contribution in [0.4, 0.5) is 16.4 Å². The quantitative estimate of drug-likeness (QED) is 0.571. The second kappa shape index (κ2) is 8.31. The van der Waals surface area contributed by atoms with Crippen molar-refractivity contribution in [1.29, 1.82) is 0 Å². The number of fused-ring (bicyclic) bond motifs is 4. The minimum Gasteiger partial charge on any atom is -0.486 e. The highest BCUT2D eigenvalue weighted by atomic mass is 32.2. The number of piperidine rings is 1. The maximum Gasteiger partial charge on any atom is 0.416 e. The lowest BCUT2D eigenvalue weighted by atomic mass is 9.73. The van der Waals surface area contributed by atoms with Crippen molar-refractivity contribution in [2.45, 2.75) is 41.3 Å². The Morgan fingerprint density at radius 1 is 1.03 bits per heavy atom. The monoisotopic (exact) mass is 503 g/mol. The van der Waals surface area contributed by atoms with Crippen LogP contribution in [0.1, 0.15) is 30.1 Å². The summed E-state index contributed by atoms with van der Waals surface area (Å²) in [7, 11) is 0. The van der Waals surface area contributed by atoms with E-state index < -0.39 is 0 Å². The van der Waals surface area contributed by atoms with Crippen LogP contribution in [-0.4, -0.2) is 58.4 Å². The van der Waals surface area contributed by atoms with E-state index in [1.54, 1.807) is 17.3 Å². The van der Waals surface area contributed by atoms with Crippen molar-refractivity contribution in [3.05, 3.63) is 54.2 Å². The Kier molecular flexibility index (Phi) is 5.03. The molecule has 0 bridgehead atoms. The maximum atomic E-state index is 12.2. The minimum absolute atomic E-state index is 0.0411. The summed E-state index contributed by atoms with van der Waals surface area (Å²) in [5, 5.41) is 0.745. The fraction of sp³-hybridized carbons (Fsp3) is 0.400. The Hall–Kier alpha value is -3.44. The van der Waals surface area contributed by atoms with Crippen LogP contribution in [0.25, 0.3) is 0 Å². The first kappa shape index (κ1) is 21.8. The van der Waals surface area contributed by atoms with E-state index in [1.165, 1.54) is 17.3 Å². The molecule has 184 valence electrons. The Labute approximate surface area is 212 Å². The number of carbonyl (C=O) groups is 1. The predicted molar refractivity (Wildman–Crippen MR) is 132 cm³/mol. The lowest BCUT2D eigenvalue weighted by Crippen LogP contribution is -2.44. The first-order valence-electron chi connectivity index (χ1n) is 12.1. The molecule has 3 aliphatic heterocycles. The molecule has 10 nitrogen and oxygen atoms in total. The molecule has 11 heteroatoms. The average Bonchev–Trinajstić information content (AvgIpc) is 3.43. The van der Waals surface area contributed by atoms with Crippen LogP contribution < -0.4 is 20.3 Å². The number of hydrogen-bond acceptors (Lipinski definition) is 10. The van der Waals surface area contributed by atoms with Crippen molar-refractivity contribution >= 4 is 29.5 Å². The number of rotatable bonds is 3. The van der Waals surface area contributed by atoms with Gasteiger partial charge in [-0.1, -0.05) is 17.8 Å². The zero-order chi connectivity index (χ0) is 24.3. The summed E-state index contributed by atoms with van der Waals surface area (Å²) >= 11 is 1.44. The molecule has 0 radical (unpaired) electrons. The summed E-state index contributed by atoms with van der Waals surface area (Å²) in [4.78, 5) is 35.2. The topological polar surface area (TPSA) is 120 Å². The zero-order valence-corrected chi connectivity index (χ0v) is 20.4. The molecule has 2 fully saturated rings. The van der Waals surface area contributed by atoms with Crippen molar-refractivity contribution in [3.63, 3.8) is 0 Å². The van der Waals surface area contributed by atoms with E-state index in [4.69, 9.17) is 20.2 Å². The lowest BCUT2D eigenvalue weighted by molar-refractivity contribution is 0.176. The minimum atomic E-state index is -0.384. The average molecular weight is 504 g/mol. The molecule has 1 spiro atoms. The van der Waals surface area contributed by atoms with Gasteiger partial charge in [-0.3, -0.25) is 4.98 Å². The first-order valence-corrected chi connectivity index (χ1v) is 12.9. The van der Waals surface area contributed by atoms with Gasteiger partial charge < -0.3 is 20.1 Å². The Morgan fingerprint density at radius 2 is 1.89 bits per heavy atom. The summed E-state index contributed by atoms with van der Waals surface area (Å²) in [6, 6.07) is 5.87. The molecule has 3 aromatic rings. The molecule has 7 rings (SSSR count). The van der Waals surface area contributed by atoms with Gasteiger partial charge in [-0.15, -0.1) is 0 Å². The summed E-state index contributed by atoms with van der Waals surface area (Å²) in [5.41, 5.74) is 9.12. The van der Waals surface area contributed by atoms with Crippen molar-refractivity contribution in [2.24, 2.45) is 11.1 Å². The molecular weight excluding hydrogens is 478 g/mol. The highest BCUT2D eigenvalue weighted by molar-refractivity contribution is 7.99. The third-order valence-electron chi connectivity index (χ3n) is 7.81. The predicted octanol–water partition coefficient (Wildman–Crippen LogP) is 2.98. The molecule has 2 atom stereocenters. The van der Waals surface area contributed by atoms with E-state index in [0.717, 1.165) is 53.8 Å². The number of aromatic nitrogens is 4. The molecule has 2 saturated heterocycles. The van der Waals surface area contributed by atoms with Gasteiger partial charge in [0.05, 0.1) is 17.3 Å². The molecule has 3 aromatic heterocycles. The number of anilines is 2. The molecule has 0 saturated carbocycles. The normalized spacial score (nSPS) is 23.6. The molecule has 1 unspecified atom stereocenters. The smallest absolute Gasteiger partial charge is 0.416 e. The van der Waals surface area contributed by atoms with Crippen LogP contribution in [-0.2, 0) is 11.2 Å². The Morgan fingerprint density at radius 3 is 2.69 bits per heavy atom. The van der Waals surface area contributed by atoms with Gasteiger partial charge in [0.2, 0.25) is 0 Å². The number of carbonyl (C=O) groups excluding carboxylic acids is 1. The molecule has 6 heterocycles. The number of ether oxygens (including phenoxy) is 2. The van der Waals surface area contributed by atoms with Gasteiger partial charge in [0, 0.05) is 37.2 Å². The maximum absolute atomic E-state index is 12.2. The Bertz CT molecular complexity index is 1330. The molecule has 1 aliphatic carbocycles. The van der Waals surface area contributed by atoms with Gasteiger partial charge in [-0.25, -0.2) is 24.6 Å². The number of nitrogens with zero attached hydrogens (tertiary/aromatic N) is 6. The number of pyridine rings is 2. The van der Waals surface area contributed by atoms with Crippen LogP contribution >= 0.6 is 11.8 Å². The summed E-state index contributed by atoms with van der Waals surface area (Å²) in [6.07, 6.45) is 9.72. The summed E-state index contributed by atoms with van der Waals surface area (Å²) in [5.74, 6) is 1.94. The van der Waals surface area contributed by atoms with Crippen molar-refractivity contribution in [3.8, 4) is 5.75 Å². The highest BCUT2D eigenvalue weighted by Gasteiger charge is 2.46. The first-order chi connectivity index (χ1) is 17.6. The SMILES string of the molecule is N[C@@H]1c2cccnc2CC12CCN(c1cnc(Sc3ccnc4c3OCC3COC(=O)N43)cn1)CC2. The second-order valence-corrected chi connectivity index (χ2v) is 10.8. The fourth-order valence-electron chi connectivity index (χ4n) is 5.79. The number of amides is 1. The third-order valence-corrected chi connectivity index (χ3v) is 8.77. The van der Waals surface area contributed by atoms with Gasteiger partial charge in [-0.2, -0.15) is 0 Å². The molecule has 2 N–H and O–H groups in total. The largest absolute Gasteiger partial charge is 0.486 e. The third kappa shape index (κ3) is 3.40. The van der Waals surface area contributed by atoms with Gasteiger partial charge in [0.1, 0.15) is 30.1 Å². The van der Waals surface area contributed by atoms with Crippen molar-refractivity contribution in [1.82, 2.24) is 19.9 Å². The molecular formula is C25H25N7O3S. The fourth-order valence-corrected chi connectivity index (χ4v) is 6.60. The zero-order valence-electron chi connectivity index (χ0n) is 19.5. The second-order valence-electron chi connectivity index (χ2n) is 9.73. The van der Waals surface area contributed by atoms with Crippen LogP contribution in [0, 0.1) is 5.41 Å². The van der Waals surface area contributed by atoms with E-state index in [0.29, 0.717) is 24.8 Å². The van der Waals surface area contributed by atoms with Gasteiger partial charge in [0.15, 0.2) is 11.6 Å². The number of nitrogens with two attached hydrogens (primary N) is 1. The highest BCUT2D eigenvalue weighted by Crippen LogP contribution is 2.50. The van der Waals surface area contributed by atoms with E-state index in [2.05, 4.69) is 25.9 Å². The molecule has 0 aromatic carbocycles. The summed E-state index contributed by atoms with van der Waals surface area (Å²) in [6.45, 7) is 2.48. The standard InChI is InChI=1S/C25H25N7O3S/c26-22-16-2-1-6-27-17(16)10-25(22)4-8-31(9-5-25)19-11-30-20(12-29-19)36-18-3-7-28-23-21(18)34-13-15-14-35-24(33)32(15)23/h1-3,6-7,11-12,15,22H,4-5,8-10,13-14,26H2/t15?,22-/m1/s1. The van der Waals surface area contributed by atoms with E-state index in [9.17, 15) is 4.79 Å². The van der Waals surface area contributed by atoms with Crippen molar-refractivity contribution < 1.29 is 14.3 Å². The number of cyclic esters (lactones) is 1. The van der Waals surface area contributed by atoms with Gasteiger partial charge in [0.25, 0.3) is 0 Å². The number of hydrogen-bond donors (Lipinski definition) is 1.